The largest absolute Gasteiger partial charge is 0.310 e. The molecular formula is C53H37N3S. The summed E-state index contributed by atoms with van der Waals surface area (Å²) in [6.45, 7) is 4.86. The normalized spacial score (nSPS) is 13.2. The topological polar surface area (TPSA) is 10.9 Å². The molecule has 0 N–H and O–H groups in total. The van der Waals surface area contributed by atoms with Gasteiger partial charge < -0.3 is 14.2 Å². The lowest BCUT2D eigenvalue weighted by Crippen LogP contribution is -2.17. The van der Waals surface area contributed by atoms with E-state index in [2.05, 4.69) is 216 Å². The maximum atomic E-state index is 2.64. The highest BCUT2D eigenvalue weighted by atomic mass is 32.1. The molecule has 0 aliphatic heterocycles. The molecule has 11 aromatic rings. The van der Waals surface area contributed by atoms with Crippen molar-refractivity contribution in [3.05, 3.63) is 199 Å². The molecule has 3 heterocycles. The molecule has 270 valence electrons. The summed E-state index contributed by atoms with van der Waals surface area (Å²) in [4.78, 5) is 4.71. The number of hydrogen-bond acceptors (Lipinski definition) is 3. The Morgan fingerprint density at radius 1 is 0.439 bits per heavy atom. The summed E-state index contributed by atoms with van der Waals surface area (Å²) >= 11 is 1.92. The van der Waals surface area contributed by atoms with E-state index in [0.717, 1.165) is 34.1 Å². The van der Waals surface area contributed by atoms with Crippen LogP contribution < -0.4 is 9.80 Å². The number of fused-ring (bicyclic) bond motifs is 11. The average molecular weight is 748 g/mol. The first-order chi connectivity index (χ1) is 28.0. The zero-order valence-corrected chi connectivity index (χ0v) is 32.5. The van der Waals surface area contributed by atoms with E-state index in [-0.39, 0.29) is 5.41 Å². The van der Waals surface area contributed by atoms with Crippen LogP contribution in [-0.2, 0) is 5.41 Å². The highest BCUT2D eigenvalue weighted by molar-refractivity contribution is 7.26. The monoisotopic (exact) mass is 747 g/mol. The van der Waals surface area contributed by atoms with Crippen LogP contribution in [0, 0.1) is 0 Å². The quantitative estimate of drug-likeness (QED) is 0.168. The van der Waals surface area contributed by atoms with E-state index in [4.69, 9.17) is 0 Å². The second-order valence-electron chi connectivity index (χ2n) is 15.8. The lowest BCUT2D eigenvalue weighted by Gasteiger charge is -2.26. The highest BCUT2D eigenvalue weighted by Crippen LogP contribution is 2.57. The van der Waals surface area contributed by atoms with Gasteiger partial charge in [-0.05, 0) is 113 Å². The van der Waals surface area contributed by atoms with E-state index in [0.29, 0.717) is 0 Å². The van der Waals surface area contributed by atoms with Gasteiger partial charge in [0, 0.05) is 71.7 Å². The van der Waals surface area contributed by atoms with Crippen LogP contribution in [0.2, 0.25) is 0 Å². The summed E-state index contributed by atoms with van der Waals surface area (Å²) in [5, 5.41) is 6.50. The molecule has 0 amide bonds. The van der Waals surface area contributed by atoms with Gasteiger partial charge in [0.25, 0.3) is 0 Å². The molecule has 12 rings (SSSR count). The number of para-hydroxylation sites is 5. The SMILES string of the molecule is CC1(C)c2cc3cc(N(c4ccccc4)c4ccccc4)ccc3cc2-c2c1n1c3c2cccc3c2sc3cc(N(c4ccccc4)c4ccccc4)ccc3c21. The van der Waals surface area contributed by atoms with Crippen molar-refractivity contribution in [2.75, 3.05) is 9.80 Å². The molecule has 0 saturated heterocycles. The van der Waals surface area contributed by atoms with Crippen LogP contribution in [-0.4, -0.2) is 4.40 Å². The molecule has 0 atom stereocenters. The number of nitrogens with zero attached hydrogens (tertiary/aromatic N) is 3. The minimum Gasteiger partial charge on any atom is -0.310 e. The van der Waals surface area contributed by atoms with Crippen LogP contribution in [0.15, 0.2) is 188 Å². The summed E-state index contributed by atoms with van der Waals surface area (Å²) in [5.74, 6) is 0. The van der Waals surface area contributed by atoms with E-state index < -0.39 is 0 Å². The third kappa shape index (κ3) is 4.65. The van der Waals surface area contributed by atoms with Gasteiger partial charge in [0.15, 0.2) is 0 Å². The van der Waals surface area contributed by atoms with Gasteiger partial charge in [-0.15, -0.1) is 11.3 Å². The summed E-state index contributed by atoms with van der Waals surface area (Å²) in [5.41, 5.74) is 14.9. The Morgan fingerprint density at radius 3 is 1.58 bits per heavy atom. The van der Waals surface area contributed by atoms with Crippen LogP contribution in [0.5, 0.6) is 0 Å². The Bertz CT molecular complexity index is 3230. The van der Waals surface area contributed by atoms with Gasteiger partial charge in [0.2, 0.25) is 0 Å². The van der Waals surface area contributed by atoms with Crippen LogP contribution in [0.3, 0.4) is 0 Å². The average Bonchev–Trinajstić information content (AvgIpc) is 3.96. The van der Waals surface area contributed by atoms with Crippen molar-refractivity contribution in [1.29, 1.82) is 0 Å². The lowest BCUT2D eigenvalue weighted by molar-refractivity contribution is 0.634. The van der Waals surface area contributed by atoms with Crippen molar-refractivity contribution in [3.8, 4) is 11.1 Å². The molecule has 0 saturated carbocycles. The number of anilines is 6. The third-order valence-electron chi connectivity index (χ3n) is 12.2. The Labute approximate surface area is 335 Å². The molecule has 4 heteroatoms. The molecule has 57 heavy (non-hydrogen) atoms. The number of rotatable bonds is 6. The van der Waals surface area contributed by atoms with E-state index >= 15 is 0 Å². The minimum atomic E-state index is -0.225. The fraction of sp³-hybridized carbons (Fsp3) is 0.0566. The molecule has 0 bridgehead atoms. The molecule has 0 spiro atoms. The molecule has 1 aliphatic carbocycles. The first kappa shape index (κ1) is 32.4. The molecular weight excluding hydrogens is 711 g/mol. The van der Waals surface area contributed by atoms with Crippen LogP contribution in [0.4, 0.5) is 34.1 Å². The summed E-state index contributed by atoms with van der Waals surface area (Å²) < 4.78 is 5.30. The van der Waals surface area contributed by atoms with Gasteiger partial charge in [-0.2, -0.15) is 0 Å². The first-order valence-corrected chi connectivity index (χ1v) is 20.5. The minimum absolute atomic E-state index is 0.225. The summed E-state index contributed by atoms with van der Waals surface area (Å²) in [6, 6.07) is 68.6. The predicted octanol–water partition coefficient (Wildman–Crippen LogP) is 15.3. The molecule has 0 fully saturated rings. The first-order valence-electron chi connectivity index (χ1n) is 19.7. The van der Waals surface area contributed by atoms with Crippen molar-refractivity contribution in [2.45, 2.75) is 19.3 Å². The predicted molar refractivity (Wildman–Crippen MR) is 243 cm³/mol. The Kier molecular flexibility index (Phi) is 6.85. The molecule has 0 radical (unpaired) electrons. The lowest BCUT2D eigenvalue weighted by atomic mass is 9.84. The zero-order valence-electron chi connectivity index (χ0n) is 31.6. The fourth-order valence-electron chi connectivity index (χ4n) is 9.70. The van der Waals surface area contributed by atoms with E-state index in [1.165, 1.54) is 69.7 Å². The maximum Gasteiger partial charge on any atom is 0.0725 e. The Morgan fingerprint density at radius 2 is 0.982 bits per heavy atom. The van der Waals surface area contributed by atoms with Crippen LogP contribution in [0.1, 0.15) is 25.1 Å². The number of hydrogen-bond donors (Lipinski definition) is 0. The fourth-order valence-corrected chi connectivity index (χ4v) is 10.9. The molecule has 3 aromatic heterocycles. The highest BCUT2D eigenvalue weighted by Gasteiger charge is 2.42. The second kappa shape index (κ2) is 12.1. The zero-order chi connectivity index (χ0) is 37.8. The van der Waals surface area contributed by atoms with Gasteiger partial charge in [-0.1, -0.05) is 111 Å². The van der Waals surface area contributed by atoms with Gasteiger partial charge in [-0.3, -0.25) is 0 Å². The van der Waals surface area contributed by atoms with Crippen LogP contribution >= 0.6 is 11.3 Å². The van der Waals surface area contributed by atoms with E-state index in [1.807, 2.05) is 11.3 Å². The van der Waals surface area contributed by atoms with Crippen molar-refractivity contribution in [3.63, 3.8) is 0 Å². The molecule has 3 nitrogen and oxygen atoms in total. The van der Waals surface area contributed by atoms with Crippen molar-refractivity contribution >= 4 is 92.8 Å². The van der Waals surface area contributed by atoms with Crippen LogP contribution in [0.25, 0.3) is 58.5 Å². The van der Waals surface area contributed by atoms with Crippen molar-refractivity contribution in [1.82, 2.24) is 4.40 Å². The number of benzene rings is 8. The third-order valence-corrected chi connectivity index (χ3v) is 13.3. The maximum absolute atomic E-state index is 2.64. The number of thiophene rings is 1. The smallest absolute Gasteiger partial charge is 0.0725 e. The second-order valence-corrected chi connectivity index (χ2v) is 16.8. The number of aromatic nitrogens is 1. The van der Waals surface area contributed by atoms with Crippen molar-refractivity contribution < 1.29 is 0 Å². The Hall–Kier alpha value is -6.88. The Balaban J connectivity index is 1.04. The summed E-state index contributed by atoms with van der Waals surface area (Å²) in [6.07, 6.45) is 0. The van der Waals surface area contributed by atoms with Gasteiger partial charge in [0.1, 0.15) is 0 Å². The van der Waals surface area contributed by atoms with Gasteiger partial charge in [0.05, 0.1) is 15.7 Å². The van der Waals surface area contributed by atoms with E-state index in [9.17, 15) is 0 Å². The van der Waals surface area contributed by atoms with Gasteiger partial charge >= 0.3 is 0 Å². The van der Waals surface area contributed by atoms with E-state index in [1.54, 1.807) is 0 Å². The van der Waals surface area contributed by atoms with Gasteiger partial charge in [-0.25, -0.2) is 0 Å². The summed E-state index contributed by atoms with van der Waals surface area (Å²) in [7, 11) is 0. The molecule has 0 unspecified atom stereocenters. The standard InChI is InChI=1S/C53H37N3S/c1-53(2)46-32-35-30-40(54(36-16-7-3-8-17-36)37-18-9-4-10-19-37)27-26-34(35)31-45(46)48-43-24-15-25-44-49(43)56(52(48)53)50-42-29-28-41(33-47(42)57-51(44)50)55(38-20-11-5-12-21-38)39-22-13-6-14-23-39/h3-33H,1-2H3. The van der Waals surface area contributed by atoms with Crippen molar-refractivity contribution in [2.24, 2.45) is 0 Å². The molecule has 1 aliphatic rings. The molecule has 8 aromatic carbocycles.